The number of hydrazone groups is 1. The summed E-state index contributed by atoms with van der Waals surface area (Å²) < 4.78 is 0.924. The van der Waals surface area contributed by atoms with Crippen LogP contribution in [0.5, 0.6) is 0 Å². The average Bonchev–Trinajstić information content (AvgIpc) is 2.54. The van der Waals surface area contributed by atoms with Gasteiger partial charge in [-0.2, -0.15) is 5.10 Å². The molecule has 0 unspecified atom stereocenters. The molecule has 6 heteroatoms. The molecule has 0 saturated carbocycles. The van der Waals surface area contributed by atoms with Gasteiger partial charge in [-0.05, 0) is 23.8 Å². The standard InChI is InChI=1S/C17H12BrN3O2/c18-12-5-3-4-11(8-12)10-19-21-17(23)14-9-16(22)20-15-7-2-1-6-13(14)15/h1-10H,(H,20,22)(H,21,23)/b19-10-. The van der Waals surface area contributed by atoms with E-state index >= 15 is 0 Å². The second-order valence-corrected chi connectivity index (χ2v) is 5.76. The number of fused-ring (bicyclic) bond motifs is 1. The molecule has 1 amide bonds. The molecule has 0 bridgehead atoms. The van der Waals surface area contributed by atoms with E-state index in [4.69, 9.17) is 0 Å². The van der Waals surface area contributed by atoms with E-state index in [1.807, 2.05) is 30.3 Å². The van der Waals surface area contributed by atoms with Crippen molar-refractivity contribution >= 4 is 39.0 Å². The van der Waals surface area contributed by atoms with Gasteiger partial charge in [0.15, 0.2) is 0 Å². The topological polar surface area (TPSA) is 74.3 Å². The van der Waals surface area contributed by atoms with Crippen molar-refractivity contribution in [3.63, 3.8) is 0 Å². The first kappa shape index (κ1) is 15.2. The third-order valence-electron chi connectivity index (χ3n) is 3.22. The highest BCUT2D eigenvalue weighted by atomic mass is 79.9. The number of carbonyl (C=O) groups excluding carboxylic acids is 1. The van der Waals surface area contributed by atoms with E-state index in [0.717, 1.165) is 10.0 Å². The van der Waals surface area contributed by atoms with Crippen LogP contribution in [0.15, 0.2) is 69.0 Å². The largest absolute Gasteiger partial charge is 0.322 e. The number of halogens is 1. The van der Waals surface area contributed by atoms with Crippen LogP contribution in [-0.4, -0.2) is 17.1 Å². The Morgan fingerprint density at radius 2 is 1.96 bits per heavy atom. The molecule has 23 heavy (non-hydrogen) atoms. The Bertz CT molecular complexity index is 963. The lowest BCUT2D eigenvalue weighted by atomic mass is 10.1. The van der Waals surface area contributed by atoms with Crippen molar-refractivity contribution < 1.29 is 4.79 Å². The van der Waals surface area contributed by atoms with E-state index < -0.39 is 5.91 Å². The summed E-state index contributed by atoms with van der Waals surface area (Å²) in [6.07, 6.45) is 1.54. The number of para-hydroxylation sites is 1. The molecule has 1 aromatic heterocycles. The number of nitrogens with zero attached hydrogens (tertiary/aromatic N) is 1. The molecule has 0 saturated heterocycles. The van der Waals surface area contributed by atoms with Crippen LogP contribution in [0.4, 0.5) is 0 Å². The number of benzene rings is 2. The lowest BCUT2D eigenvalue weighted by Crippen LogP contribution is -2.20. The third kappa shape index (κ3) is 3.54. The Balaban J connectivity index is 1.85. The van der Waals surface area contributed by atoms with E-state index in [9.17, 15) is 9.59 Å². The van der Waals surface area contributed by atoms with E-state index in [1.54, 1.807) is 18.2 Å². The minimum absolute atomic E-state index is 0.288. The van der Waals surface area contributed by atoms with Crippen LogP contribution in [0.1, 0.15) is 15.9 Å². The first-order valence-corrected chi connectivity index (χ1v) is 7.64. The summed E-state index contributed by atoms with van der Waals surface area (Å²) in [6.45, 7) is 0. The van der Waals surface area contributed by atoms with Gasteiger partial charge in [0.1, 0.15) is 0 Å². The molecule has 5 nitrogen and oxygen atoms in total. The Labute approximate surface area is 140 Å². The molecule has 0 fully saturated rings. The van der Waals surface area contributed by atoms with Crippen molar-refractivity contribution in [2.75, 3.05) is 0 Å². The van der Waals surface area contributed by atoms with Gasteiger partial charge in [0.05, 0.1) is 11.8 Å². The van der Waals surface area contributed by atoms with Crippen LogP contribution < -0.4 is 11.0 Å². The number of H-pyrrole nitrogens is 1. The van der Waals surface area contributed by atoms with Gasteiger partial charge >= 0.3 is 0 Å². The maximum Gasteiger partial charge on any atom is 0.272 e. The molecule has 0 atom stereocenters. The van der Waals surface area contributed by atoms with Crippen LogP contribution in [0.3, 0.4) is 0 Å². The highest BCUT2D eigenvalue weighted by Crippen LogP contribution is 2.14. The number of pyridine rings is 1. The maximum atomic E-state index is 12.3. The second kappa shape index (κ2) is 6.58. The average molecular weight is 370 g/mol. The summed E-state index contributed by atoms with van der Waals surface area (Å²) >= 11 is 3.37. The number of amides is 1. The number of hydrogen-bond acceptors (Lipinski definition) is 3. The minimum Gasteiger partial charge on any atom is -0.322 e. The molecule has 0 aliphatic rings. The zero-order valence-corrected chi connectivity index (χ0v) is 13.5. The molecule has 0 spiro atoms. The number of aromatic amines is 1. The number of hydrogen-bond donors (Lipinski definition) is 2. The van der Waals surface area contributed by atoms with Crippen molar-refractivity contribution in [2.24, 2.45) is 5.10 Å². The Morgan fingerprint density at radius 3 is 2.78 bits per heavy atom. The van der Waals surface area contributed by atoms with E-state index in [1.165, 1.54) is 12.3 Å². The number of rotatable bonds is 3. The molecule has 2 aromatic carbocycles. The Kier molecular flexibility index (Phi) is 4.34. The normalized spacial score (nSPS) is 11.0. The molecular weight excluding hydrogens is 358 g/mol. The molecule has 0 aliphatic carbocycles. The number of carbonyl (C=O) groups is 1. The molecule has 2 N–H and O–H groups in total. The van der Waals surface area contributed by atoms with Gasteiger partial charge in [0.25, 0.3) is 5.91 Å². The first-order valence-electron chi connectivity index (χ1n) is 6.84. The quantitative estimate of drug-likeness (QED) is 0.549. The molecule has 3 aromatic rings. The fraction of sp³-hybridized carbons (Fsp3) is 0. The van der Waals surface area contributed by atoms with Gasteiger partial charge in [-0.25, -0.2) is 5.43 Å². The monoisotopic (exact) mass is 369 g/mol. The van der Waals surface area contributed by atoms with Crippen molar-refractivity contribution in [1.29, 1.82) is 0 Å². The van der Waals surface area contributed by atoms with Crippen molar-refractivity contribution in [3.05, 3.63) is 80.6 Å². The molecular formula is C17H12BrN3O2. The number of nitrogens with one attached hydrogen (secondary N) is 2. The maximum absolute atomic E-state index is 12.3. The van der Waals surface area contributed by atoms with Gasteiger partial charge in [-0.1, -0.05) is 46.3 Å². The predicted octanol–water partition coefficient (Wildman–Crippen LogP) is 3.05. The van der Waals surface area contributed by atoms with Crippen LogP contribution in [0.25, 0.3) is 10.9 Å². The smallest absolute Gasteiger partial charge is 0.272 e. The Hall–Kier alpha value is -2.73. The van der Waals surface area contributed by atoms with Crippen molar-refractivity contribution in [2.45, 2.75) is 0 Å². The van der Waals surface area contributed by atoms with Gasteiger partial charge in [-0.3, -0.25) is 9.59 Å². The summed E-state index contributed by atoms with van der Waals surface area (Å²) in [6, 6.07) is 15.9. The number of aromatic nitrogens is 1. The summed E-state index contributed by atoms with van der Waals surface area (Å²) in [5, 5.41) is 4.61. The fourth-order valence-corrected chi connectivity index (χ4v) is 2.62. The summed E-state index contributed by atoms with van der Waals surface area (Å²) in [5.74, 6) is -0.432. The van der Waals surface area contributed by atoms with E-state index in [0.29, 0.717) is 10.9 Å². The first-order chi connectivity index (χ1) is 11.1. The summed E-state index contributed by atoms with van der Waals surface area (Å²) in [7, 11) is 0. The summed E-state index contributed by atoms with van der Waals surface area (Å²) in [4.78, 5) is 26.6. The van der Waals surface area contributed by atoms with Crippen LogP contribution in [0.2, 0.25) is 0 Å². The lowest BCUT2D eigenvalue weighted by molar-refractivity contribution is 0.0956. The SMILES string of the molecule is O=C(N/N=C\c1cccc(Br)c1)c1cc(=O)[nH]c2ccccc12. The molecule has 114 valence electrons. The minimum atomic E-state index is -0.432. The third-order valence-corrected chi connectivity index (χ3v) is 3.72. The van der Waals surface area contributed by atoms with Gasteiger partial charge in [-0.15, -0.1) is 0 Å². The van der Waals surface area contributed by atoms with Crippen LogP contribution in [-0.2, 0) is 0 Å². The zero-order chi connectivity index (χ0) is 16.2. The highest BCUT2D eigenvalue weighted by Gasteiger charge is 2.10. The second-order valence-electron chi connectivity index (χ2n) is 4.85. The van der Waals surface area contributed by atoms with Gasteiger partial charge < -0.3 is 4.98 Å². The molecule has 3 rings (SSSR count). The van der Waals surface area contributed by atoms with Crippen LogP contribution >= 0.6 is 15.9 Å². The predicted molar refractivity (Wildman–Crippen MR) is 93.8 cm³/mol. The van der Waals surface area contributed by atoms with E-state index in [2.05, 4.69) is 31.4 Å². The highest BCUT2D eigenvalue weighted by molar-refractivity contribution is 9.10. The van der Waals surface area contributed by atoms with Gasteiger partial charge in [0, 0.05) is 21.4 Å². The van der Waals surface area contributed by atoms with Crippen LogP contribution in [0, 0.1) is 0 Å². The molecule has 0 aliphatic heterocycles. The lowest BCUT2D eigenvalue weighted by Gasteiger charge is -2.04. The van der Waals surface area contributed by atoms with Crippen molar-refractivity contribution in [1.82, 2.24) is 10.4 Å². The van der Waals surface area contributed by atoms with Crippen molar-refractivity contribution in [3.8, 4) is 0 Å². The van der Waals surface area contributed by atoms with Gasteiger partial charge in [0.2, 0.25) is 5.56 Å². The van der Waals surface area contributed by atoms with E-state index in [-0.39, 0.29) is 11.1 Å². The Morgan fingerprint density at radius 1 is 1.13 bits per heavy atom. The summed E-state index contributed by atoms with van der Waals surface area (Å²) in [5.41, 5.74) is 3.86. The zero-order valence-electron chi connectivity index (χ0n) is 11.9. The fourth-order valence-electron chi connectivity index (χ4n) is 2.21. The molecule has 1 heterocycles. The molecule has 0 radical (unpaired) electrons.